The van der Waals surface area contributed by atoms with Gasteiger partial charge in [0.1, 0.15) is 0 Å². The minimum absolute atomic E-state index is 0.164. The van der Waals surface area contributed by atoms with Crippen molar-refractivity contribution in [1.29, 1.82) is 0 Å². The van der Waals surface area contributed by atoms with Crippen LogP contribution >= 0.6 is 0 Å². The van der Waals surface area contributed by atoms with Crippen LogP contribution in [0.1, 0.15) is 24.2 Å². The Morgan fingerprint density at radius 2 is 2.00 bits per heavy atom. The van der Waals surface area contributed by atoms with Gasteiger partial charge >= 0.3 is 0 Å². The lowest BCUT2D eigenvalue weighted by Gasteiger charge is -2.13. The van der Waals surface area contributed by atoms with E-state index in [9.17, 15) is 4.79 Å². The zero-order valence-electron chi connectivity index (χ0n) is 11.3. The molecule has 100 valence electrons. The number of aromatic nitrogens is 2. The number of carbonyl (C=O) groups excluding carboxylic acids is 1. The Balaban J connectivity index is 2.18. The number of nitrogens with zero attached hydrogens (tertiary/aromatic N) is 2. The SMILES string of the molecule is CC(C)Nc1ccccc1C(=O)Nc1ccn(C)n1. The number of amides is 1. The van der Waals surface area contributed by atoms with Gasteiger partial charge in [0.15, 0.2) is 5.82 Å². The Labute approximate surface area is 112 Å². The Bertz CT molecular complexity index is 574. The van der Waals surface area contributed by atoms with Crippen LogP contribution in [-0.2, 0) is 7.05 Å². The highest BCUT2D eigenvalue weighted by Gasteiger charge is 2.12. The van der Waals surface area contributed by atoms with Crippen molar-refractivity contribution in [1.82, 2.24) is 9.78 Å². The fourth-order valence-corrected chi connectivity index (χ4v) is 1.78. The first-order valence-corrected chi connectivity index (χ1v) is 6.23. The van der Waals surface area contributed by atoms with Gasteiger partial charge in [-0.2, -0.15) is 5.10 Å². The number of hydrogen-bond acceptors (Lipinski definition) is 3. The summed E-state index contributed by atoms with van der Waals surface area (Å²) < 4.78 is 1.65. The van der Waals surface area contributed by atoms with E-state index in [4.69, 9.17) is 0 Å². The highest BCUT2D eigenvalue weighted by molar-refractivity contribution is 6.07. The Morgan fingerprint density at radius 3 is 2.63 bits per heavy atom. The lowest BCUT2D eigenvalue weighted by Crippen LogP contribution is -2.18. The molecule has 0 fully saturated rings. The van der Waals surface area contributed by atoms with Gasteiger partial charge in [-0.25, -0.2) is 0 Å². The van der Waals surface area contributed by atoms with Gasteiger partial charge in [0, 0.05) is 31.0 Å². The lowest BCUT2D eigenvalue weighted by atomic mass is 10.1. The molecule has 0 atom stereocenters. The van der Waals surface area contributed by atoms with Crippen molar-refractivity contribution in [2.24, 2.45) is 7.05 Å². The van der Waals surface area contributed by atoms with Crippen LogP contribution in [0, 0.1) is 0 Å². The van der Waals surface area contributed by atoms with E-state index in [0.29, 0.717) is 11.4 Å². The van der Waals surface area contributed by atoms with Crippen molar-refractivity contribution < 1.29 is 4.79 Å². The van der Waals surface area contributed by atoms with Crippen LogP contribution in [-0.4, -0.2) is 21.7 Å². The highest BCUT2D eigenvalue weighted by Crippen LogP contribution is 2.17. The first kappa shape index (κ1) is 13.1. The van der Waals surface area contributed by atoms with E-state index >= 15 is 0 Å². The molecule has 1 aromatic heterocycles. The van der Waals surface area contributed by atoms with E-state index < -0.39 is 0 Å². The third-order valence-electron chi connectivity index (χ3n) is 2.57. The Morgan fingerprint density at radius 1 is 1.26 bits per heavy atom. The fraction of sp³-hybridized carbons (Fsp3) is 0.286. The standard InChI is InChI=1S/C14H18N4O/c1-10(2)15-12-7-5-4-6-11(12)14(19)16-13-8-9-18(3)17-13/h4-10,15H,1-3H3,(H,16,17,19). The second-order valence-corrected chi connectivity index (χ2v) is 4.67. The number of hydrogen-bond donors (Lipinski definition) is 2. The molecule has 2 N–H and O–H groups in total. The molecular weight excluding hydrogens is 240 g/mol. The van der Waals surface area contributed by atoms with Crippen molar-refractivity contribution in [2.45, 2.75) is 19.9 Å². The van der Waals surface area contributed by atoms with Crippen molar-refractivity contribution in [3.05, 3.63) is 42.1 Å². The monoisotopic (exact) mass is 258 g/mol. The first-order valence-electron chi connectivity index (χ1n) is 6.23. The molecule has 1 heterocycles. The van der Waals surface area contributed by atoms with E-state index in [1.165, 1.54) is 0 Å². The molecule has 1 aromatic carbocycles. The smallest absolute Gasteiger partial charge is 0.258 e. The van der Waals surface area contributed by atoms with E-state index in [0.717, 1.165) is 5.69 Å². The molecule has 19 heavy (non-hydrogen) atoms. The number of carbonyl (C=O) groups is 1. The van der Waals surface area contributed by atoms with E-state index in [-0.39, 0.29) is 11.9 Å². The van der Waals surface area contributed by atoms with Gasteiger partial charge in [-0.15, -0.1) is 0 Å². The minimum atomic E-state index is -0.164. The van der Waals surface area contributed by atoms with Crippen LogP contribution in [0.15, 0.2) is 36.5 Å². The van der Waals surface area contributed by atoms with Crippen molar-refractivity contribution in [2.75, 3.05) is 10.6 Å². The van der Waals surface area contributed by atoms with Gasteiger partial charge in [-0.05, 0) is 26.0 Å². The zero-order valence-corrected chi connectivity index (χ0v) is 11.3. The molecular formula is C14H18N4O. The maximum absolute atomic E-state index is 12.2. The van der Waals surface area contributed by atoms with Crippen LogP contribution < -0.4 is 10.6 Å². The van der Waals surface area contributed by atoms with Crippen LogP contribution in [0.25, 0.3) is 0 Å². The maximum atomic E-state index is 12.2. The van der Waals surface area contributed by atoms with Gasteiger partial charge in [-0.1, -0.05) is 12.1 Å². The Hall–Kier alpha value is -2.30. The average Bonchev–Trinajstić information content (AvgIpc) is 2.74. The third-order valence-corrected chi connectivity index (χ3v) is 2.57. The summed E-state index contributed by atoms with van der Waals surface area (Å²) in [6.07, 6.45) is 1.79. The van der Waals surface area contributed by atoms with Crippen LogP contribution in [0.3, 0.4) is 0 Å². The molecule has 0 aliphatic carbocycles. The predicted molar refractivity (Wildman–Crippen MR) is 76.4 cm³/mol. The lowest BCUT2D eigenvalue weighted by molar-refractivity contribution is 0.102. The van der Waals surface area contributed by atoms with Gasteiger partial charge in [0.2, 0.25) is 0 Å². The first-order chi connectivity index (χ1) is 9.06. The number of rotatable bonds is 4. The van der Waals surface area contributed by atoms with E-state index in [2.05, 4.69) is 15.7 Å². The molecule has 0 aliphatic rings. The highest BCUT2D eigenvalue weighted by atomic mass is 16.1. The molecule has 0 unspecified atom stereocenters. The largest absolute Gasteiger partial charge is 0.382 e. The predicted octanol–water partition coefficient (Wildman–Crippen LogP) is 2.49. The number of anilines is 2. The molecule has 5 heteroatoms. The molecule has 5 nitrogen and oxygen atoms in total. The summed E-state index contributed by atoms with van der Waals surface area (Å²) in [5.74, 6) is 0.384. The van der Waals surface area contributed by atoms with E-state index in [1.54, 1.807) is 23.0 Å². The molecule has 0 spiro atoms. The second-order valence-electron chi connectivity index (χ2n) is 4.67. The van der Waals surface area contributed by atoms with Crippen molar-refractivity contribution >= 4 is 17.4 Å². The number of nitrogens with one attached hydrogen (secondary N) is 2. The number of aryl methyl sites for hydroxylation is 1. The minimum Gasteiger partial charge on any atom is -0.382 e. The Kier molecular flexibility index (Phi) is 3.85. The van der Waals surface area contributed by atoms with Gasteiger partial charge < -0.3 is 10.6 Å². The van der Waals surface area contributed by atoms with Gasteiger partial charge in [-0.3, -0.25) is 9.48 Å². The maximum Gasteiger partial charge on any atom is 0.258 e. The van der Waals surface area contributed by atoms with E-state index in [1.807, 2.05) is 39.1 Å². The molecule has 0 saturated heterocycles. The quantitative estimate of drug-likeness (QED) is 0.885. The molecule has 1 amide bonds. The zero-order chi connectivity index (χ0) is 13.8. The normalized spacial score (nSPS) is 10.5. The average molecular weight is 258 g/mol. The van der Waals surface area contributed by atoms with Crippen LogP contribution in [0.5, 0.6) is 0 Å². The topological polar surface area (TPSA) is 59.0 Å². The molecule has 0 aliphatic heterocycles. The van der Waals surface area contributed by atoms with Crippen LogP contribution in [0.4, 0.5) is 11.5 Å². The second kappa shape index (κ2) is 5.56. The summed E-state index contributed by atoms with van der Waals surface area (Å²) in [6, 6.07) is 9.47. The number of para-hydroxylation sites is 1. The van der Waals surface area contributed by atoms with Crippen LogP contribution in [0.2, 0.25) is 0 Å². The molecule has 2 aromatic rings. The van der Waals surface area contributed by atoms with Gasteiger partial charge in [0.25, 0.3) is 5.91 Å². The molecule has 0 bridgehead atoms. The fourth-order valence-electron chi connectivity index (χ4n) is 1.78. The van der Waals surface area contributed by atoms with Crippen molar-refractivity contribution in [3.8, 4) is 0 Å². The number of benzene rings is 1. The van der Waals surface area contributed by atoms with Gasteiger partial charge in [0.05, 0.1) is 5.56 Å². The van der Waals surface area contributed by atoms with Crippen molar-refractivity contribution in [3.63, 3.8) is 0 Å². The summed E-state index contributed by atoms with van der Waals surface area (Å²) >= 11 is 0. The summed E-state index contributed by atoms with van der Waals surface area (Å²) in [4.78, 5) is 12.2. The molecule has 0 saturated carbocycles. The summed E-state index contributed by atoms with van der Waals surface area (Å²) in [5.41, 5.74) is 1.44. The molecule has 2 rings (SSSR count). The summed E-state index contributed by atoms with van der Waals surface area (Å²) in [6.45, 7) is 4.07. The molecule has 0 radical (unpaired) electrons. The summed E-state index contributed by atoms with van der Waals surface area (Å²) in [7, 11) is 1.81. The third kappa shape index (κ3) is 3.34. The summed E-state index contributed by atoms with van der Waals surface area (Å²) in [5, 5.41) is 10.2.